The molecule has 0 spiro atoms. The lowest BCUT2D eigenvalue weighted by Crippen LogP contribution is -2.17. The van der Waals surface area contributed by atoms with Crippen LogP contribution in [0.2, 0.25) is 15.1 Å². The minimum atomic E-state index is 0.0716. The fourth-order valence-electron chi connectivity index (χ4n) is 4.47. The van der Waals surface area contributed by atoms with Gasteiger partial charge in [-0.05, 0) is 42.5 Å². The molecule has 1 heterocycles. The van der Waals surface area contributed by atoms with E-state index in [1.165, 1.54) is 0 Å². The highest BCUT2D eigenvalue weighted by Crippen LogP contribution is 2.42. The molecular formula is C31H31Cl3N2O3. The van der Waals surface area contributed by atoms with E-state index in [1.807, 2.05) is 66.7 Å². The van der Waals surface area contributed by atoms with Crippen molar-refractivity contribution in [3.05, 3.63) is 92.9 Å². The fourth-order valence-corrected chi connectivity index (χ4v) is 5.38. The van der Waals surface area contributed by atoms with E-state index in [4.69, 9.17) is 54.7 Å². The maximum atomic E-state index is 9.09. The Balaban J connectivity index is 1.68. The molecule has 0 aliphatic heterocycles. The second-order valence-electron chi connectivity index (χ2n) is 9.09. The Labute approximate surface area is 244 Å². The number of hydrogen-bond acceptors (Lipinski definition) is 5. The highest BCUT2D eigenvalue weighted by atomic mass is 35.5. The van der Waals surface area contributed by atoms with Crippen LogP contribution in [0.4, 0.5) is 0 Å². The van der Waals surface area contributed by atoms with Gasteiger partial charge < -0.3 is 20.3 Å². The average molecular weight is 586 g/mol. The predicted molar refractivity (Wildman–Crippen MR) is 161 cm³/mol. The molecular weight excluding hydrogens is 555 g/mol. The summed E-state index contributed by atoms with van der Waals surface area (Å²) in [5, 5.41) is 23.0. The molecule has 4 rings (SSSR count). The molecule has 0 unspecified atom stereocenters. The lowest BCUT2D eigenvalue weighted by molar-refractivity contribution is 0.284. The number of aliphatic hydroxyl groups is 2. The van der Waals surface area contributed by atoms with Crippen LogP contribution in [0, 0.1) is 0 Å². The summed E-state index contributed by atoms with van der Waals surface area (Å²) >= 11 is 20.5. The summed E-state index contributed by atoms with van der Waals surface area (Å²) in [7, 11) is 1.61. The minimum Gasteiger partial charge on any atom is -0.481 e. The summed E-state index contributed by atoms with van der Waals surface area (Å²) in [4.78, 5) is 4.73. The maximum absolute atomic E-state index is 9.09. The van der Waals surface area contributed by atoms with E-state index >= 15 is 0 Å². The Morgan fingerprint density at radius 2 is 1.44 bits per heavy atom. The number of unbranched alkanes of at least 4 members (excludes halogenated alkanes) is 1. The Hall–Kier alpha value is -2.64. The van der Waals surface area contributed by atoms with Crippen molar-refractivity contribution in [2.24, 2.45) is 0 Å². The van der Waals surface area contributed by atoms with Gasteiger partial charge in [-0.2, -0.15) is 0 Å². The van der Waals surface area contributed by atoms with Crippen LogP contribution < -0.4 is 10.1 Å². The maximum Gasteiger partial charge on any atom is 0.216 e. The van der Waals surface area contributed by atoms with Gasteiger partial charge in [0.15, 0.2) is 0 Å². The van der Waals surface area contributed by atoms with Gasteiger partial charge in [-0.15, -0.1) is 0 Å². The number of aromatic nitrogens is 1. The van der Waals surface area contributed by atoms with Gasteiger partial charge in [0.05, 0.1) is 29.5 Å². The molecule has 3 N–H and O–H groups in total. The standard InChI is InChI=1S/C31H31Cl3N2O3/c1-39-31-20(6-2-3-16-37)13-14-28(36-31)26-10-5-9-25(30(26)34)24-8-4-7-23(29(24)33)21-11-12-22(27(32)18-21)19-35-15-17-38/h4-5,7-14,18,35,37-38H,2-3,6,15-17,19H2,1H3. The van der Waals surface area contributed by atoms with Gasteiger partial charge in [-0.3, -0.25) is 0 Å². The SMILES string of the molecule is COc1nc(-c2cccc(-c3cccc(-c4ccc(CNCCO)c(Cl)c4)c3Cl)c2Cl)ccc1CCCCO. The molecule has 0 atom stereocenters. The molecule has 0 saturated carbocycles. The van der Waals surface area contributed by atoms with E-state index < -0.39 is 0 Å². The number of rotatable bonds is 12. The van der Waals surface area contributed by atoms with Crippen LogP contribution in [0.3, 0.4) is 0 Å². The van der Waals surface area contributed by atoms with Crippen LogP contribution in [0.5, 0.6) is 5.88 Å². The van der Waals surface area contributed by atoms with Crippen molar-refractivity contribution < 1.29 is 14.9 Å². The number of aliphatic hydroxyl groups excluding tert-OH is 2. The molecule has 0 aliphatic carbocycles. The summed E-state index contributed by atoms with van der Waals surface area (Å²) in [5.41, 5.74) is 6.76. The Kier molecular flexibility index (Phi) is 10.6. The van der Waals surface area contributed by atoms with Gasteiger partial charge in [0.25, 0.3) is 0 Å². The van der Waals surface area contributed by atoms with E-state index in [9.17, 15) is 0 Å². The second-order valence-corrected chi connectivity index (χ2v) is 10.2. The zero-order valence-corrected chi connectivity index (χ0v) is 24.0. The number of methoxy groups -OCH3 is 1. The number of nitrogens with zero attached hydrogens (tertiary/aromatic N) is 1. The van der Waals surface area contributed by atoms with Gasteiger partial charge >= 0.3 is 0 Å². The third kappa shape index (κ3) is 6.93. The van der Waals surface area contributed by atoms with Crippen molar-refractivity contribution in [1.82, 2.24) is 10.3 Å². The van der Waals surface area contributed by atoms with Crippen LogP contribution >= 0.6 is 34.8 Å². The molecule has 8 heteroatoms. The lowest BCUT2D eigenvalue weighted by atomic mass is 9.96. The summed E-state index contributed by atoms with van der Waals surface area (Å²) in [6.45, 7) is 1.31. The summed E-state index contributed by atoms with van der Waals surface area (Å²) in [5.74, 6) is 0.554. The number of halogens is 3. The molecule has 0 saturated heterocycles. The summed E-state index contributed by atoms with van der Waals surface area (Å²) < 4.78 is 5.56. The molecule has 1 aromatic heterocycles. The zero-order chi connectivity index (χ0) is 27.8. The van der Waals surface area contributed by atoms with Crippen LogP contribution in [0.25, 0.3) is 33.5 Å². The number of hydrogen-bond donors (Lipinski definition) is 3. The third-order valence-electron chi connectivity index (χ3n) is 6.52. The third-order valence-corrected chi connectivity index (χ3v) is 7.68. The topological polar surface area (TPSA) is 74.6 Å². The molecule has 0 bridgehead atoms. The number of aryl methyl sites for hydroxylation is 1. The normalized spacial score (nSPS) is 11.1. The quantitative estimate of drug-likeness (QED) is 0.151. The number of nitrogens with one attached hydrogen (secondary N) is 1. The van der Waals surface area contributed by atoms with E-state index in [0.29, 0.717) is 39.7 Å². The Morgan fingerprint density at radius 1 is 0.769 bits per heavy atom. The number of ether oxygens (including phenoxy) is 1. The highest BCUT2D eigenvalue weighted by Gasteiger charge is 2.17. The monoisotopic (exact) mass is 584 g/mol. The van der Waals surface area contributed by atoms with Crippen molar-refractivity contribution in [2.75, 3.05) is 26.9 Å². The molecule has 0 aliphatic rings. The fraction of sp³-hybridized carbons (Fsp3) is 0.258. The van der Waals surface area contributed by atoms with Crippen molar-refractivity contribution in [3.8, 4) is 39.4 Å². The van der Waals surface area contributed by atoms with Gasteiger partial charge in [0, 0.05) is 52.5 Å². The van der Waals surface area contributed by atoms with Gasteiger partial charge in [0.1, 0.15) is 0 Å². The molecule has 5 nitrogen and oxygen atoms in total. The minimum absolute atomic E-state index is 0.0716. The first-order valence-corrected chi connectivity index (χ1v) is 13.9. The molecule has 4 aromatic rings. The first kappa shape index (κ1) is 29.3. The summed E-state index contributed by atoms with van der Waals surface area (Å²) in [6, 6.07) is 21.5. The van der Waals surface area contributed by atoms with E-state index in [-0.39, 0.29) is 13.2 Å². The van der Waals surface area contributed by atoms with Crippen molar-refractivity contribution in [3.63, 3.8) is 0 Å². The molecule has 204 valence electrons. The first-order valence-electron chi connectivity index (χ1n) is 12.8. The smallest absolute Gasteiger partial charge is 0.216 e. The predicted octanol–water partition coefficient (Wildman–Crippen LogP) is 7.45. The second kappa shape index (κ2) is 14.1. The van der Waals surface area contributed by atoms with Crippen molar-refractivity contribution >= 4 is 34.8 Å². The van der Waals surface area contributed by atoms with Crippen molar-refractivity contribution in [1.29, 1.82) is 0 Å². The average Bonchev–Trinajstić information content (AvgIpc) is 2.95. The Morgan fingerprint density at radius 3 is 2.10 bits per heavy atom. The van der Waals surface area contributed by atoms with Crippen LogP contribution in [-0.4, -0.2) is 42.1 Å². The van der Waals surface area contributed by atoms with E-state index in [2.05, 4.69) is 5.32 Å². The summed E-state index contributed by atoms with van der Waals surface area (Å²) in [6.07, 6.45) is 2.36. The van der Waals surface area contributed by atoms with E-state index in [0.717, 1.165) is 58.2 Å². The molecule has 3 aromatic carbocycles. The first-order chi connectivity index (χ1) is 19.0. The number of pyridine rings is 1. The highest BCUT2D eigenvalue weighted by molar-refractivity contribution is 6.39. The lowest BCUT2D eigenvalue weighted by Gasteiger charge is -2.15. The molecule has 0 radical (unpaired) electrons. The molecule has 0 amide bonds. The zero-order valence-electron chi connectivity index (χ0n) is 21.7. The molecule has 0 fully saturated rings. The largest absolute Gasteiger partial charge is 0.481 e. The van der Waals surface area contributed by atoms with Gasteiger partial charge in [0.2, 0.25) is 5.88 Å². The van der Waals surface area contributed by atoms with Crippen LogP contribution in [0.15, 0.2) is 66.7 Å². The van der Waals surface area contributed by atoms with Gasteiger partial charge in [-0.1, -0.05) is 89.4 Å². The number of benzene rings is 3. The van der Waals surface area contributed by atoms with Crippen LogP contribution in [-0.2, 0) is 13.0 Å². The van der Waals surface area contributed by atoms with Crippen LogP contribution in [0.1, 0.15) is 24.0 Å². The van der Waals surface area contributed by atoms with Gasteiger partial charge in [-0.25, -0.2) is 4.98 Å². The Bertz CT molecular complexity index is 1430. The molecule has 39 heavy (non-hydrogen) atoms. The van der Waals surface area contributed by atoms with E-state index in [1.54, 1.807) is 7.11 Å². The van der Waals surface area contributed by atoms with Crippen molar-refractivity contribution in [2.45, 2.75) is 25.8 Å².